The normalized spacial score (nSPS) is 13.5. The number of hydrogen-bond donors (Lipinski definition) is 0. The van der Waals surface area contributed by atoms with Crippen molar-refractivity contribution in [3.8, 4) is 0 Å². The molecule has 0 radical (unpaired) electrons. The Morgan fingerprint density at radius 2 is 0.302 bits per heavy atom. The maximum Gasteiger partial charge on any atom is -0.0336 e. The monoisotopic (exact) mass is 767 g/mol. The molecule has 0 saturated carbocycles. The van der Waals surface area contributed by atoms with Crippen molar-refractivity contribution < 1.29 is 0 Å². The fourth-order valence-electron chi connectivity index (χ4n) is 10.5. The summed E-state index contributed by atoms with van der Waals surface area (Å²) in [7, 11) is -2.27. The van der Waals surface area contributed by atoms with Gasteiger partial charge in [-0.05, 0) is 66.6 Å². The van der Waals surface area contributed by atoms with Gasteiger partial charge >= 0.3 is 0 Å². The van der Waals surface area contributed by atoms with Crippen LogP contribution in [-0.4, -0.2) is 34.5 Å². The Morgan fingerprint density at radius 3 is 0.434 bits per heavy atom. The van der Waals surface area contributed by atoms with Crippen LogP contribution in [-0.2, 0) is 0 Å². The summed E-state index contributed by atoms with van der Waals surface area (Å²) >= 11 is 0. The van der Waals surface area contributed by atoms with E-state index in [2.05, 4.69) is 41.5 Å². The van der Waals surface area contributed by atoms with Crippen LogP contribution < -0.4 is 0 Å². The van der Waals surface area contributed by atoms with Crippen LogP contribution in [0.5, 0.6) is 0 Å². The summed E-state index contributed by atoms with van der Waals surface area (Å²) in [6.07, 6.45) is 59.3. The predicted molar refractivity (Wildman–Crippen MR) is 256 cm³/mol. The summed E-state index contributed by atoms with van der Waals surface area (Å²) in [5.74, 6) is 9.94. The van der Waals surface area contributed by atoms with Gasteiger partial charge in [0.2, 0.25) is 0 Å². The fourth-order valence-corrected chi connectivity index (χ4v) is 20.1. The molecular formula is C52H110S. The Labute approximate surface area is 339 Å². The van der Waals surface area contributed by atoms with E-state index in [1.165, 1.54) is 225 Å². The summed E-state index contributed by atoms with van der Waals surface area (Å²) < 4.78 is 0. The third-order valence-electron chi connectivity index (χ3n) is 14.6. The van der Waals surface area contributed by atoms with E-state index in [1.807, 2.05) is 0 Å². The van der Waals surface area contributed by atoms with Gasteiger partial charge in [-0.1, -0.05) is 266 Å². The number of hydrogen-bond acceptors (Lipinski definition) is 0. The second kappa shape index (κ2) is 36.7. The second-order valence-electron chi connectivity index (χ2n) is 19.2. The van der Waals surface area contributed by atoms with Crippen LogP contribution in [0.25, 0.3) is 0 Å². The molecule has 0 aliphatic rings. The molecular weight excluding hydrogens is 657 g/mol. The number of rotatable bonds is 46. The molecule has 0 aliphatic heterocycles. The van der Waals surface area contributed by atoms with Crippen molar-refractivity contribution in [2.45, 2.75) is 298 Å². The third-order valence-corrected chi connectivity index (χ3v) is 25.3. The van der Waals surface area contributed by atoms with Crippen molar-refractivity contribution >= 4 is 8.29 Å². The highest BCUT2D eigenvalue weighted by molar-refractivity contribution is 8.64. The topological polar surface area (TPSA) is 0 Å². The molecule has 0 aliphatic carbocycles. The molecule has 0 rings (SSSR count). The zero-order valence-corrected chi connectivity index (χ0v) is 39.8. The predicted octanol–water partition coefficient (Wildman–Crippen LogP) is 19.6. The zero-order valence-electron chi connectivity index (χ0n) is 38.9. The van der Waals surface area contributed by atoms with Gasteiger partial charge in [-0.3, -0.25) is 8.29 Å². The molecule has 0 heterocycles. The fraction of sp³-hybridized carbons (Fsp3) is 1.00. The van der Waals surface area contributed by atoms with Crippen molar-refractivity contribution in [1.29, 1.82) is 0 Å². The van der Waals surface area contributed by atoms with Crippen LogP contribution in [0.4, 0.5) is 0 Å². The highest BCUT2D eigenvalue weighted by Crippen LogP contribution is 2.90. The maximum atomic E-state index is 2.79. The Balaban J connectivity index is 6.23. The lowest BCUT2D eigenvalue weighted by molar-refractivity contribution is 0.572. The first kappa shape index (κ1) is 53.4. The van der Waals surface area contributed by atoms with Gasteiger partial charge in [0.1, 0.15) is 0 Å². The molecule has 53 heavy (non-hydrogen) atoms. The minimum absolute atomic E-state index is 1.38. The molecule has 0 aromatic rings. The van der Waals surface area contributed by atoms with E-state index in [9.17, 15) is 0 Å². The molecule has 0 N–H and O–H groups in total. The van der Waals surface area contributed by atoms with Crippen molar-refractivity contribution in [2.75, 3.05) is 34.5 Å². The van der Waals surface area contributed by atoms with E-state index in [1.54, 1.807) is 66.6 Å². The molecule has 0 atom stereocenters. The first-order chi connectivity index (χ1) is 26.0. The molecule has 0 unspecified atom stereocenters. The van der Waals surface area contributed by atoms with Gasteiger partial charge in [0.05, 0.1) is 0 Å². The lowest BCUT2D eigenvalue weighted by Crippen LogP contribution is -2.53. The molecule has 0 spiro atoms. The Hall–Kier alpha value is 0.350. The van der Waals surface area contributed by atoms with E-state index in [0.29, 0.717) is 0 Å². The Kier molecular flexibility index (Phi) is 36.9. The van der Waals surface area contributed by atoms with Crippen molar-refractivity contribution in [3.05, 3.63) is 0 Å². The van der Waals surface area contributed by atoms with Gasteiger partial charge in [-0.2, -0.15) is 0 Å². The molecule has 0 nitrogen and oxygen atoms in total. The standard InChI is InChI=1S/C52H110S/c1-7-13-18-23-28-33-38-43-48-53(12-6,49-44-39-34-29-24-19-14-8-2,50-45-40-35-30-25-20-15-9-3,51-46-41-36-31-26-21-16-10-4)52-47-42-37-32-27-22-17-11-5/h7-52H2,1-6H3. The van der Waals surface area contributed by atoms with Crippen LogP contribution in [0.3, 0.4) is 0 Å². The summed E-state index contributed by atoms with van der Waals surface area (Å²) in [6, 6.07) is 0. The van der Waals surface area contributed by atoms with Crippen molar-refractivity contribution in [3.63, 3.8) is 0 Å². The SMILES string of the molecule is CCCCCCCCCCS(CC)(CCCCCCCCCC)(CCCCCCCCCC)(CCCCCCCCCC)CCCCCCCCCC. The van der Waals surface area contributed by atoms with E-state index in [-0.39, 0.29) is 0 Å². The first-order valence-electron chi connectivity index (χ1n) is 26.0. The Bertz CT molecular complexity index is 581. The lowest BCUT2D eigenvalue weighted by atomic mass is 10.1. The van der Waals surface area contributed by atoms with Crippen molar-refractivity contribution in [1.82, 2.24) is 0 Å². The van der Waals surface area contributed by atoms with Crippen LogP contribution >= 0.6 is 8.29 Å². The van der Waals surface area contributed by atoms with Crippen molar-refractivity contribution in [2.24, 2.45) is 0 Å². The van der Waals surface area contributed by atoms with E-state index < -0.39 is 8.29 Å². The average Bonchev–Trinajstić information content (AvgIpc) is 3.17. The Morgan fingerprint density at radius 1 is 0.170 bits per heavy atom. The summed E-state index contributed by atoms with van der Waals surface area (Å²) in [4.78, 5) is 0. The second-order valence-corrected chi connectivity index (χ2v) is 28.0. The largest absolute Gasteiger partial charge is 0.274 e. The van der Waals surface area contributed by atoms with Crippen LogP contribution in [0.2, 0.25) is 0 Å². The van der Waals surface area contributed by atoms with Gasteiger partial charge in [-0.25, -0.2) is 0 Å². The molecule has 324 valence electrons. The van der Waals surface area contributed by atoms with Gasteiger partial charge in [-0.15, -0.1) is 0 Å². The zero-order chi connectivity index (χ0) is 38.9. The molecule has 0 aromatic carbocycles. The molecule has 0 aromatic heterocycles. The molecule has 0 amide bonds. The molecule has 0 bridgehead atoms. The van der Waals surface area contributed by atoms with Crippen LogP contribution in [0.15, 0.2) is 0 Å². The lowest BCUT2D eigenvalue weighted by Gasteiger charge is -2.81. The highest BCUT2D eigenvalue weighted by Gasteiger charge is 2.56. The van der Waals surface area contributed by atoms with Gasteiger partial charge in [0, 0.05) is 0 Å². The van der Waals surface area contributed by atoms with E-state index >= 15 is 0 Å². The quantitative estimate of drug-likeness (QED) is 0.0541. The minimum Gasteiger partial charge on any atom is -0.274 e. The molecule has 0 fully saturated rings. The van der Waals surface area contributed by atoms with Crippen LogP contribution in [0.1, 0.15) is 298 Å². The minimum atomic E-state index is -2.27. The van der Waals surface area contributed by atoms with E-state index in [0.717, 1.165) is 0 Å². The summed E-state index contributed by atoms with van der Waals surface area (Å²) in [6.45, 7) is 14.6. The van der Waals surface area contributed by atoms with E-state index in [4.69, 9.17) is 0 Å². The van der Waals surface area contributed by atoms with Gasteiger partial charge in [0.15, 0.2) is 0 Å². The third kappa shape index (κ3) is 26.8. The van der Waals surface area contributed by atoms with Gasteiger partial charge < -0.3 is 0 Å². The summed E-state index contributed by atoms with van der Waals surface area (Å²) in [5.41, 5.74) is 0. The van der Waals surface area contributed by atoms with Gasteiger partial charge in [0.25, 0.3) is 0 Å². The highest BCUT2D eigenvalue weighted by atomic mass is 32.4. The maximum absolute atomic E-state index is 2.79. The summed E-state index contributed by atoms with van der Waals surface area (Å²) in [5, 5.41) is 0. The molecule has 1 heteroatoms. The first-order valence-corrected chi connectivity index (χ1v) is 29.4. The average molecular weight is 768 g/mol. The number of unbranched alkanes of at least 4 members (excludes halogenated alkanes) is 35. The van der Waals surface area contributed by atoms with Crippen LogP contribution in [0, 0.1) is 0 Å². The smallest absolute Gasteiger partial charge is 0.0336 e. The molecule has 0 saturated heterocycles.